The number of aromatic nitrogens is 2. The van der Waals surface area contributed by atoms with Gasteiger partial charge in [0.1, 0.15) is 0 Å². The van der Waals surface area contributed by atoms with Gasteiger partial charge in [-0.1, -0.05) is 12.8 Å². The average molecular weight is 442 g/mol. The quantitative estimate of drug-likeness (QED) is 0.371. The Bertz CT molecular complexity index is 854. The first-order chi connectivity index (χ1) is 15.5. The van der Waals surface area contributed by atoms with E-state index in [9.17, 15) is 0 Å². The van der Waals surface area contributed by atoms with Crippen LogP contribution in [0.2, 0.25) is 0 Å². The van der Waals surface area contributed by atoms with E-state index in [0.29, 0.717) is 29.6 Å². The molecule has 3 heterocycles. The second kappa shape index (κ2) is 10.2. The fraction of sp³-hybridized carbons (Fsp3) is 0.680. The molecule has 0 radical (unpaired) electrons. The van der Waals surface area contributed by atoms with E-state index in [4.69, 9.17) is 20.3 Å². The number of rotatable bonds is 8. The predicted octanol–water partition coefficient (Wildman–Crippen LogP) is 4.23. The number of piperidine rings is 1. The zero-order valence-electron chi connectivity index (χ0n) is 19.9. The normalized spacial score (nSPS) is 22.8. The molecule has 0 bridgehead atoms. The smallest absolute Gasteiger partial charge is 0.165 e. The Morgan fingerprint density at radius 3 is 2.47 bits per heavy atom. The molecule has 176 valence electrons. The molecule has 1 aliphatic carbocycles. The van der Waals surface area contributed by atoms with Crippen molar-refractivity contribution >= 4 is 12.3 Å². The van der Waals surface area contributed by atoms with Crippen molar-refractivity contribution in [1.82, 2.24) is 14.7 Å². The Hall–Kier alpha value is -2.12. The van der Waals surface area contributed by atoms with Gasteiger partial charge in [0.25, 0.3) is 0 Å². The largest absolute Gasteiger partial charge is 0.487 e. The summed E-state index contributed by atoms with van der Waals surface area (Å²) in [5.41, 5.74) is 9.48. The molecule has 3 fully saturated rings. The highest BCUT2D eigenvalue weighted by molar-refractivity contribution is 5.64. The topological polar surface area (TPSA) is 77.9 Å². The summed E-state index contributed by atoms with van der Waals surface area (Å²) in [4.78, 5) is 6.48. The summed E-state index contributed by atoms with van der Waals surface area (Å²) in [5.74, 6) is 1.42. The fourth-order valence-electron chi connectivity index (χ4n) is 5.11. The lowest BCUT2D eigenvalue weighted by Gasteiger charge is -2.41. The molecule has 3 aliphatic rings. The third-order valence-corrected chi connectivity index (χ3v) is 7.06. The number of likely N-dealkylation sites (tertiary alicyclic amines) is 1. The van der Waals surface area contributed by atoms with E-state index in [1.807, 2.05) is 19.9 Å². The van der Waals surface area contributed by atoms with E-state index in [0.717, 1.165) is 37.6 Å². The maximum atomic E-state index is 6.04. The Labute approximate surface area is 192 Å². The molecule has 2 N–H and O–H groups in total. The van der Waals surface area contributed by atoms with Crippen LogP contribution in [0.4, 0.5) is 0 Å². The van der Waals surface area contributed by atoms with Gasteiger partial charge in [0, 0.05) is 11.6 Å². The highest BCUT2D eigenvalue weighted by Gasteiger charge is 2.32. The van der Waals surface area contributed by atoms with Crippen LogP contribution in [0.25, 0.3) is 5.57 Å². The number of aliphatic imine (C=N–C) groups is 1. The van der Waals surface area contributed by atoms with Crippen LogP contribution >= 0.6 is 0 Å². The summed E-state index contributed by atoms with van der Waals surface area (Å²) in [6, 6.07) is 3.46. The van der Waals surface area contributed by atoms with Crippen LogP contribution in [0.3, 0.4) is 0 Å². The lowest BCUT2D eigenvalue weighted by atomic mass is 9.91. The van der Waals surface area contributed by atoms with Crippen LogP contribution in [-0.2, 0) is 9.47 Å². The minimum absolute atomic E-state index is 0.00668. The van der Waals surface area contributed by atoms with Crippen LogP contribution in [0.5, 0.6) is 0 Å². The number of hydrogen-bond acceptors (Lipinski definition) is 6. The maximum Gasteiger partial charge on any atom is 0.165 e. The number of nitrogens with two attached hydrogens (primary N) is 1. The number of nitrogens with zero attached hydrogens (tertiary/aromatic N) is 4. The van der Waals surface area contributed by atoms with Crippen molar-refractivity contribution in [2.75, 3.05) is 26.3 Å². The molecule has 2 saturated heterocycles. The van der Waals surface area contributed by atoms with Gasteiger partial charge in [-0.25, -0.2) is 4.99 Å². The molecule has 0 aromatic carbocycles. The fourth-order valence-corrected chi connectivity index (χ4v) is 5.11. The van der Waals surface area contributed by atoms with Gasteiger partial charge >= 0.3 is 0 Å². The first-order valence-electron chi connectivity index (χ1n) is 12.2. The van der Waals surface area contributed by atoms with E-state index in [1.165, 1.54) is 44.2 Å². The standard InChI is InChI=1S/C25H39N5O2/c1-17(2)32-24(25(26)27-4)13-18(3)22-14-23(30(28-22)20-7-5-6-8-20)19-9-11-29(12-10-19)21-15-31-16-21/h13-14,17,19-21H,4-12,15-16,26H2,1-3H3/b18-13+,25-24+. The van der Waals surface area contributed by atoms with E-state index in [-0.39, 0.29) is 6.10 Å². The molecule has 1 saturated carbocycles. The average Bonchev–Trinajstić information content (AvgIpc) is 3.41. The van der Waals surface area contributed by atoms with Gasteiger partial charge in [0.15, 0.2) is 11.6 Å². The first kappa shape index (κ1) is 23.1. The predicted molar refractivity (Wildman–Crippen MR) is 129 cm³/mol. The van der Waals surface area contributed by atoms with Crippen LogP contribution in [0.1, 0.15) is 82.6 Å². The van der Waals surface area contributed by atoms with Crippen molar-refractivity contribution in [2.45, 2.75) is 83.4 Å². The van der Waals surface area contributed by atoms with Crippen molar-refractivity contribution < 1.29 is 9.47 Å². The van der Waals surface area contributed by atoms with Crippen molar-refractivity contribution in [3.8, 4) is 0 Å². The number of allylic oxidation sites excluding steroid dienone is 2. The second-order valence-corrected chi connectivity index (χ2v) is 9.74. The van der Waals surface area contributed by atoms with Gasteiger partial charge in [-0.05, 0) is 84.0 Å². The summed E-state index contributed by atoms with van der Waals surface area (Å²) in [6.45, 7) is 13.7. The van der Waals surface area contributed by atoms with Gasteiger partial charge in [-0.3, -0.25) is 9.58 Å². The van der Waals surface area contributed by atoms with E-state index in [2.05, 4.69) is 34.3 Å². The minimum Gasteiger partial charge on any atom is -0.487 e. The summed E-state index contributed by atoms with van der Waals surface area (Å²) in [6.07, 6.45) is 9.38. The van der Waals surface area contributed by atoms with E-state index in [1.54, 1.807) is 0 Å². The van der Waals surface area contributed by atoms with Gasteiger partial charge in [-0.15, -0.1) is 0 Å². The molecule has 0 atom stereocenters. The van der Waals surface area contributed by atoms with Gasteiger partial charge in [-0.2, -0.15) is 5.10 Å². The van der Waals surface area contributed by atoms with Crippen LogP contribution in [0.15, 0.2) is 28.7 Å². The highest BCUT2D eigenvalue weighted by Crippen LogP contribution is 2.37. The second-order valence-electron chi connectivity index (χ2n) is 9.74. The summed E-state index contributed by atoms with van der Waals surface area (Å²) < 4.78 is 13.6. The number of ether oxygens (including phenoxy) is 2. The van der Waals surface area contributed by atoms with Gasteiger partial charge < -0.3 is 15.2 Å². The Morgan fingerprint density at radius 2 is 1.91 bits per heavy atom. The summed E-state index contributed by atoms with van der Waals surface area (Å²) in [5, 5.41) is 5.12. The van der Waals surface area contributed by atoms with Crippen molar-refractivity contribution in [2.24, 2.45) is 10.7 Å². The summed E-state index contributed by atoms with van der Waals surface area (Å²) in [7, 11) is 0. The lowest BCUT2D eigenvalue weighted by Crippen LogP contribution is -2.51. The van der Waals surface area contributed by atoms with E-state index < -0.39 is 0 Å². The van der Waals surface area contributed by atoms with Gasteiger partial charge in [0.2, 0.25) is 0 Å². The molecule has 2 aliphatic heterocycles. The minimum atomic E-state index is 0.00668. The van der Waals surface area contributed by atoms with E-state index >= 15 is 0 Å². The molecule has 0 unspecified atom stereocenters. The van der Waals surface area contributed by atoms with Crippen LogP contribution < -0.4 is 5.73 Å². The Kier molecular flexibility index (Phi) is 7.36. The molecule has 32 heavy (non-hydrogen) atoms. The zero-order chi connectivity index (χ0) is 22.7. The number of hydrogen-bond donors (Lipinski definition) is 1. The molecule has 7 heteroatoms. The molecule has 0 amide bonds. The van der Waals surface area contributed by atoms with Crippen LogP contribution in [0, 0.1) is 0 Å². The third-order valence-electron chi connectivity index (χ3n) is 7.06. The van der Waals surface area contributed by atoms with Crippen LogP contribution in [-0.4, -0.2) is 59.8 Å². The molecular formula is C25H39N5O2. The summed E-state index contributed by atoms with van der Waals surface area (Å²) >= 11 is 0. The highest BCUT2D eigenvalue weighted by atomic mass is 16.5. The van der Waals surface area contributed by atoms with Gasteiger partial charge in [0.05, 0.1) is 37.1 Å². The molecule has 4 rings (SSSR count). The molecule has 1 aromatic heterocycles. The monoisotopic (exact) mass is 441 g/mol. The SMILES string of the molecule is C=N/C(N)=C(\C=C(/C)c1cc(C2CCN(C3COC3)CC2)n(C2CCCC2)n1)OC(C)C. The lowest BCUT2D eigenvalue weighted by molar-refractivity contribution is -0.0714. The first-order valence-corrected chi connectivity index (χ1v) is 12.2. The van der Waals surface area contributed by atoms with Crippen molar-refractivity contribution in [3.05, 3.63) is 35.1 Å². The Morgan fingerprint density at radius 1 is 1.22 bits per heavy atom. The Balaban J connectivity index is 1.58. The van der Waals surface area contributed by atoms with Crippen molar-refractivity contribution in [1.29, 1.82) is 0 Å². The third kappa shape index (κ3) is 5.09. The molecule has 7 nitrogen and oxygen atoms in total. The van der Waals surface area contributed by atoms with Crippen molar-refractivity contribution in [3.63, 3.8) is 0 Å². The molecular weight excluding hydrogens is 402 g/mol. The molecule has 1 aromatic rings. The zero-order valence-corrected chi connectivity index (χ0v) is 19.9. The molecule has 0 spiro atoms. The maximum absolute atomic E-state index is 6.04.